The van der Waals surface area contributed by atoms with E-state index in [1.807, 2.05) is 0 Å². The van der Waals surface area contributed by atoms with Gasteiger partial charge in [-0.15, -0.1) is 6.58 Å². The van der Waals surface area contributed by atoms with Gasteiger partial charge in [0.2, 0.25) is 0 Å². The molecule has 0 saturated carbocycles. The molecule has 0 aliphatic heterocycles. The minimum absolute atomic E-state index is 0.608. The molecule has 0 aromatic heterocycles. The Morgan fingerprint density at radius 1 is 1.42 bits per heavy atom. The van der Waals surface area contributed by atoms with Crippen molar-refractivity contribution < 1.29 is 0 Å². The number of hydrogen-bond acceptors (Lipinski definition) is 3. The summed E-state index contributed by atoms with van der Waals surface area (Å²) < 4.78 is 0. The molecule has 0 N–H and O–H groups in total. The van der Waals surface area contributed by atoms with E-state index in [0.29, 0.717) is 6.54 Å². The quantitative estimate of drug-likeness (QED) is 0.333. The summed E-state index contributed by atoms with van der Waals surface area (Å²) in [6.07, 6.45) is 2.78. The smallest absolute Gasteiger partial charge is 0.0895 e. The van der Waals surface area contributed by atoms with Crippen molar-refractivity contribution in [2.75, 3.05) is 33.7 Å². The summed E-state index contributed by atoms with van der Waals surface area (Å²) in [6, 6.07) is 2.62. The van der Waals surface area contributed by atoms with Gasteiger partial charge in [-0.25, -0.2) is 9.98 Å². The molecule has 68 valence electrons. The fourth-order valence-corrected chi connectivity index (χ4v) is 0.671. The van der Waals surface area contributed by atoms with Gasteiger partial charge >= 0.3 is 0 Å². The summed E-state index contributed by atoms with van der Waals surface area (Å²) in [4.78, 5) is 9.98. The molecule has 3 heteroatoms. The lowest BCUT2D eigenvalue weighted by molar-refractivity contribution is 0.403. The summed E-state index contributed by atoms with van der Waals surface area (Å²) in [6.45, 7) is 6.01. The molecule has 0 aromatic carbocycles. The Hall–Kier alpha value is -0.920. The molecule has 0 aliphatic carbocycles. The lowest BCUT2D eigenvalue weighted by atomic mass is 10.4. The maximum atomic E-state index is 3.99. The predicted octanol–water partition coefficient (Wildman–Crippen LogP) is 1.30. The van der Waals surface area contributed by atoms with E-state index in [9.17, 15) is 0 Å². The van der Waals surface area contributed by atoms with Crippen molar-refractivity contribution in [3.05, 3.63) is 12.7 Å². The van der Waals surface area contributed by atoms with Crippen LogP contribution >= 0.6 is 0 Å². The minimum Gasteiger partial charge on any atom is -0.309 e. The fraction of sp³-hybridized carbons (Fsp3) is 0.667. The molecule has 0 aliphatic rings. The van der Waals surface area contributed by atoms with E-state index in [4.69, 9.17) is 0 Å². The van der Waals surface area contributed by atoms with Crippen LogP contribution in [0.1, 0.15) is 6.42 Å². The van der Waals surface area contributed by atoms with Crippen molar-refractivity contribution in [1.82, 2.24) is 4.90 Å². The van der Waals surface area contributed by atoms with E-state index < -0.39 is 0 Å². The molecule has 0 radical (unpaired) electrons. The molecule has 0 bridgehead atoms. The van der Waals surface area contributed by atoms with Crippen LogP contribution in [0.5, 0.6) is 0 Å². The second-order valence-electron chi connectivity index (χ2n) is 2.77. The number of aliphatic imine (C=N–C) groups is 2. The first-order chi connectivity index (χ1) is 5.77. The van der Waals surface area contributed by atoms with Crippen molar-refractivity contribution in [2.45, 2.75) is 6.42 Å². The molecule has 12 heavy (non-hydrogen) atoms. The van der Waals surface area contributed by atoms with E-state index in [0.717, 1.165) is 19.5 Å². The summed E-state index contributed by atoms with van der Waals surface area (Å²) in [5, 5.41) is 0. The van der Waals surface area contributed by atoms with Gasteiger partial charge in [0.05, 0.1) is 19.1 Å². The maximum Gasteiger partial charge on any atom is 0.0895 e. The highest BCUT2D eigenvalue weighted by atomic mass is 15.0. The Morgan fingerprint density at radius 3 is 2.75 bits per heavy atom. The van der Waals surface area contributed by atoms with Crippen molar-refractivity contribution in [3.63, 3.8) is 0 Å². The summed E-state index contributed by atoms with van der Waals surface area (Å²) in [7, 11) is 4.10. The third-order valence-electron chi connectivity index (χ3n) is 1.24. The highest BCUT2D eigenvalue weighted by molar-refractivity contribution is 5.41. The Balaban J connectivity index is 3.29. The molecule has 0 unspecified atom stereocenters. The first kappa shape index (κ1) is 11.1. The number of rotatable bonds is 6. The largest absolute Gasteiger partial charge is 0.309 e. The highest BCUT2D eigenvalue weighted by Crippen LogP contribution is 1.82. The number of hydrogen-bond donors (Lipinski definition) is 0. The van der Waals surface area contributed by atoms with Crippen LogP contribution in [-0.2, 0) is 0 Å². The van der Waals surface area contributed by atoms with E-state index in [2.05, 4.69) is 41.6 Å². The molecule has 0 atom stereocenters. The van der Waals surface area contributed by atoms with Crippen LogP contribution in [0.25, 0.3) is 0 Å². The van der Waals surface area contributed by atoms with Gasteiger partial charge in [-0.2, -0.15) is 0 Å². The zero-order chi connectivity index (χ0) is 9.23. The third kappa shape index (κ3) is 9.08. The van der Waals surface area contributed by atoms with Crippen molar-refractivity contribution in [1.29, 1.82) is 0 Å². The fourth-order valence-electron chi connectivity index (χ4n) is 0.671. The lowest BCUT2D eigenvalue weighted by Crippen LogP contribution is -2.13. The molecule has 0 fully saturated rings. The Labute approximate surface area is 74.5 Å². The van der Waals surface area contributed by atoms with Gasteiger partial charge < -0.3 is 4.90 Å². The van der Waals surface area contributed by atoms with Crippen LogP contribution < -0.4 is 0 Å². The SMILES string of the molecule is C=CCN=C=NCCCN(C)C. The molecule has 0 amide bonds. The van der Waals surface area contributed by atoms with Gasteiger partial charge in [0, 0.05) is 0 Å². The van der Waals surface area contributed by atoms with Gasteiger partial charge in [0.25, 0.3) is 0 Å². The summed E-state index contributed by atoms with van der Waals surface area (Å²) >= 11 is 0. The first-order valence-corrected chi connectivity index (χ1v) is 4.11. The normalized spacial score (nSPS) is 9.25. The van der Waals surface area contributed by atoms with E-state index in [-0.39, 0.29) is 0 Å². The van der Waals surface area contributed by atoms with Crippen LogP contribution in [-0.4, -0.2) is 44.6 Å². The van der Waals surface area contributed by atoms with Crippen molar-refractivity contribution in [3.8, 4) is 0 Å². The van der Waals surface area contributed by atoms with Gasteiger partial charge in [0.1, 0.15) is 0 Å². The zero-order valence-corrected chi connectivity index (χ0v) is 7.95. The van der Waals surface area contributed by atoms with Gasteiger partial charge in [0.15, 0.2) is 0 Å². The minimum atomic E-state index is 0.608. The standard InChI is InChI=1S/C9H17N3/c1-4-6-10-9-11-7-5-8-12(2)3/h4H,1,5-8H2,2-3H3. The molecule has 0 spiro atoms. The van der Waals surface area contributed by atoms with Crippen LogP contribution in [0.4, 0.5) is 0 Å². The number of nitrogens with zero attached hydrogens (tertiary/aromatic N) is 3. The van der Waals surface area contributed by atoms with Crippen LogP contribution in [0.3, 0.4) is 0 Å². The summed E-state index contributed by atoms with van der Waals surface area (Å²) in [5.74, 6) is 0. The Morgan fingerprint density at radius 2 is 2.17 bits per heavy atom. The van der Waals surface area contributed by atoms with Crippen LogP contribution in [0.2, 0.25) is 0 Å². The second kappa shape index (κ2) is 8.18. The van der Waals surface area contributed by atoms with Gasteiger partial charge in [-0.3, -0.25) is 0 Å². The molecule has 0 aromatic rings. The van der Waals surface area contributed by atoms with Gasteiger partial charge in [-0.1, -0.05) is 6.08 Å². The Kier molecular flexibility index (Phi) is 7.55. The van der Waals surface area contributed by atoms with E-state index >= 15 is 0 Å². The van der Waals surface area contributed by atoms with Gasteiger partial charge in [-0.05, 0) is 27.1 Å². The molecular weight excluding hydrogens is 150 g/mol. The van der Waals surface area contributed by atoms with E-state index in [1.165, 1.54) is 0 Å². The Bertz CT molecular complexity index is 167. The molecular formula is C9H17N3. The molecule has 3 nitrogen and oxygen atoms in total. The van der Waals surface area contributed by atoms with E-state index in [1.54, 1.807) is 6.08 Å². The zero-order valence-electron chi connectivity index (χ0n) is 7.95. The monoisotopic (exact) mass is 167 g/mol. The topological polar surface area (TPSA) is 28.0 Å². The van der Waals surface area contributed by atoms with Crippen molar-refractivity contribution in [2.24, 2.45) is 9.98 Å². The lowest BCUT2D eigenvalue weighted by Gasteiger charge is -2.05. The van der Waals surface area contributed by atoms with Crippen LogP contribution in [0.15, 0.2) is 22.6 Å². The average Bonchev–Trinajstić information content (AvgIpc) is 2.02. The first-order valence-electron chi connectivity index (χ1n) is 4.11. The average molecular weight is 167 g/mol. The molecule has 0 rings (SSSR count). The maximum absolute atomic E-state index is 3.99. The third-order valence-corrected chi connectivity index (χ3v) is 1.24. The predicted molar refractivity (Wildman–Crippen MR) is 53.0 cm³/mol. The molecule has 0 saturated heterocycles. The van der Waals surface area contributed by atoms with Crippen molar-refractivity contribution >= 4 is 6.01 Å². The highest BCUT2D eigenvalue weighted by Gasteiger charge is 1.86. The molecule has 0 heterocycles. The van der Waals surface area contributed by atoms with Crippen LogP contribution in [0, 0.1) is 0 Å². The second-order valence-corrected chi connectivity index (χ2v) is 2.77. The summed E-state index contributed by atoms with van der Waals surface area (Å²) in [5.41, 5.74) is 0.